The van der Waals surface area contributed by atoms with Crippen molar-refractivity contribution in [2.45, 2.75) is 83.8 Å². The fourth-order valence-corrected chi connectivity index (χ4v) is 9.48. The third-order valence-electron chi connectivity index (χ3n) is 9.20. The highest BCUT2D eigenvalue weighted by molar-refractivity contribution is 6.72. The van der Waals surface area contributed by atoms with Gasteiger partial charge in [0.2, 0.25) is 14.3 Å². The van der Waals surface area contributed by atoms with Crippen molar-refractivity contribution < 1.29 is 28.3 Å². The highest BCUT2D eigenvalue weighted by atomic mass is 28.4. The van der Waals surface area contributed by atoms with Gasteiger partial charge in [-0.15, -0.1) is 0 Å². The van der Waals surface area contributed by atoms with Crippen LogP contribution in [-0.2, 0) is 26.5 Å². The molecule has 0 saturated carbocycles. The van der Waals surface area contributed by atoms with E-state index in [1.54, 1.807) is 30.0 Å². The summed E-state index contributed by atoms with van der Waals surface area (Å²) < 4.78 is 28.6. The van der Waals surface area contributed by atoms with Gasteiger partial charge in [-0.05, 0) is 70.5 Å². The molecule has 1 N–H and O–H groups in total. The summed E-state index contributed by atoms with van der Waals surface area (Å²) in [6.45, 7) is 12.0. The lowest BCUT2D eigenvalue weighted by atomic mass is 9.82. The van der Waals surface area contributed by atoms with Gasteiger partial charge in [-0.2, -0.15) is 0 Å². The van der Waals surface area contributed by atoms with Gasteiger partial charge in [-0.3, -0.25) is 9.59 Å². The van der Waals surface area contributed by atoms with Crippen LogP contribution in [0.25, 0.3) is 0 Å². The maximum Gasteiger partial charge on any atom is 0.264 e. The number of ether oxygens (including phenoxy) is 2. The molecule has 2 aliphatic rings. The molecule has 2 aliphatic heterocycles. The first-order chi connectivity index (χ1) is 21.3. The summed E-state index contributed by atoms with van der Waals surface area (Å²) in [5.74, 6) is -0.417. The predicted octanol–water partition coefficient (Wildman–Crippen LogP) is 6.92. The van der Waals surface area contributed by atoms with Crippen molar-refractivity contribution in [3.8, 4) is 5.75 Å². The van der Waals surface area contributed by atoms with Gasteiger partial charge < -0.3 is 28.5 Å². The molecule has 0 aromatic heterocycles. The maximum absolute atomic E-state index is 16.3. The molecular formula is C36H49FN2O5Si. The molecule has 1 spiro atoms. The molecule has 4 rings (SSSR count). The molecule has 2 heterocycles. The summed E-state index contributed by atoms with van der Waals surface area (Å²) in [4.78, 5) is 31.7. The van der Waals surface area contributed by atoms with Crippen LogP contribution < -0.4 is 9.64 Å². The van der Waals surface area contributed by atoms with E-state index < -0.39 is 31.6 Å². The van der Waals surface area contributed by atoms with Crippen LogP contribution in [0.1, 0.15) is 58.1 Å². The van der Waals surface area contributed by atoms with Gasteiger partial charge in [-0.1, -0.05) is 60.6 Å². The molecule has 2 amide bonds. The lowest BCUT2D eigenvalue weighted by Crippen LogP contribution is -2.45. The maximum atomic E-state index is 16.3. The molecule has 0 unspecified atom stereocenters. The molecule has 0 bridgehead atoms. The summed E-state index contributed by atoms with van der Waals surface area (Å²) in [7, 11) is -1.88. The number of rotatable bonds is 13. The molecule has 0 aliphatic carbocycles. The number of aliphatic hydroxyl groups is 1. The number of carbonyl (C=O) groups excluding carboxylic acids is 2. The number of hydrogen-bond donors (Lipinski definition) is 1. The number of halogens is 1. The second-order valence-electron chi connectivity index (χ2n) is 13.2. The van der Waals surface area contributed by atoms with E-state index in [1.165, 1.54) is 11.1 Å². The summed E-state index contributed by atoms with van der Waals surface area (Å²) in [6.07, 6.45) is 5.21. The molecular weight excluding hydrogens is 587 g/mol. The van der Waals surface area contributed by atoms with Crippen LogP contribution in [0, 0.1) is 5.92 Å². The van der Waals surface area contributed by atoms with Crippen LogP contribution in [0.5, 0.6) is 5.75 Å². The number of anilines is 1. The van der Waals surface area contributed by atoms with Crippen LogP contribution in [0.15, 0.2) is 71.8 Å². The molecule has 1 fully saturated rings. The van der Waals surface area contributed by atoms with E-state index >= 15 is 4.11 Å². The van der Waals surface area contributed by atoms with E-state index in [0.29, 0.717) is 24.4 Å². The van der Waals surface area contributed by atoms with E-state index in [9.17, 15) is 14.7 Å². The highest BCUT2D eigenvalue weighted by Gasteiger charge is 2.67. The van der Waals surface area contributed by atoms with Gasteiger partial charge in [-0.25, -0.2) is 0 Å². The Bertz CT molecular complexity index is 1420. The minimum atomic E-state index is -3.46. The third-order valence-corrected chi connectivity index (χ3v) is 11.7. The zero-order chi connectivity index (χ0) is 32.9. The Morgan fingerprint density at radius 3 is 2.49 bits per heavy atom. The number of carbonyl (C=O) groups is 2. The van der Waals surface area contributed by atoms with Crippen LogP contribution in [0.2, 0.25) is 18.6 Å². The highest BCUT2D eigenvalue weighted by Crippen LogP contribution is 2.60. The van der Waals surface area contributed by atoms with Gasteiger partial charge in [0.25, 0.3) is 5.91 Å². The normalized spacial score (nSPS) is 23.0. The van der Waals surface area contributed by atoms with Crippen molar-refractivity contribution in [1.29, 1.82) is 0 Å². The summed E-state index contributed by atoms with van der Waals surface area (Å²) in [5.41, 5.74) is 2.70. The number of amides is 2. The molecule has 9 heteroatoms. The first kappa shape index (κ1) is 34.6. The summed E-state index contributed by atoms with van der Waals surface area (Å²) in [5, 5.41) is 9.75. The lowest BCUT2D eigenvalue weighted by molar-refractivity contribution is -0.149. The number of hydrogen-bond acceptors (Lipinski definition) is 5. The fraction of sp³-hybridized carbons (Fsp3) is 0.500. The predicted molar refractivity (Wildman–Crippen MR) is 179 cm³/mol. The largest absolute Gasteiger partial charge is 0.497 e. The Kier molecular flexibility index (Phi) is 11.1. The Morgan fingerprint density at radius 2 is 1.87 bits per heavy atom. The van der Waals surface area contributed by atoms with E-state index in [0.717, 1.165) is 24.1 Å². The molecule has 7 nitrogen and oxygen atoms in total. The van der Waals surface area contributed by atoms with Crippen LogP contribution >= 0.6 is 0 Å². The molecule has 2 aromatic rings. The van der Waals surface area contributed by atoms with Gasteiger partial charge >= 0.3 is 0 Å². The van der Waals surface area contributed by atoms with Crippen LogP contribution in [0.3, 0.4) is 0 Å². The molecule has 244 valence electrons. The SMILES string of the molecule is COc1ccc2c(c1)[C@@]1(O[C@H](CC(=O)N(CCO)Cc3ccccc3)[C@@H]([Si](C)(C)F)[C@@H]1C)C(=O)N2C/C=C(\C)CCC=C(C)C. The Hall–Kier alpha value is -3.27. The van der Waals surface area contributed by atoms with Gasteiger partial charge in [0.1, 0.15) is 5.75 Å². The van der Waals surface area contributed by atoms with Gasteiger partial charge in [0.05, 0.1) is 31.9 Å². The van der Waals surface area contributed by atoms with E-state index in [1.807, 2.05) is 55.5 Å². The monoisotopic (exact) mass is 636 g/mol. The zero-order valence-corrected chi connectivity index (χ0v) is 28.8. The number of allylic oxidation sites excluding steroid dienone is 3. The first-order valence-electron chi connectivity index (χ1n) is 15.9. The van der Waals surface area contributed by atoms with Crippen molar-refractivity contribution in [2.24, 2.45) is 5.92 Å². The minimum absolute atomic E-state index is 0.0834. The van der Waals surface area contributed by atoms with Crippen molar-refractivity contribution in [2.75, 3.05) is 31.7 Å². The average molecular weight is 637 g/mol. The number of nitrogens with zero attached hydrogens (tertiary/aromatic N) is 2. The Labute approximate surface area is 268 Å². The second-order valence-corrected chi connectivity index (χ2v) is 17.0. The van der Waals surface area contributed by atoms with Crippen molar-refractivity contribution >= 4 is 25.9 Å². The van der Waals surface area contributed by atoms with Crippen molar-refractivity contribution in [1.82, 2.24) is 4.90 Å². The lowest BCUT2D eigenvalue weighted by Gasteiger charge is -2.31. The summed E-state index contributed by atoms with van der Waals surface area (Å²) in [6, 6.07) is 15.1. The molecule has 2 aromatic carbocycles. The average Bonchev–Trinajstić information content (AvgIpc) is 3.41. The van der Waals surface area contributed by atoms with Gasteiger partial charge in [0, 0.05) is 36.7 Å². The zero-order valence-electron chi connectivity index (χ0n) is 27.8. The van der Waals surface area contributed by atoms with E-state index in [4.69, 9.17) is 9.47 Å². The first-order valence-corrected chi connectivity index (χ1v) is 18.9. The van der Waals surface area contributed by atoms with Crippen molar-refractivity contribution in [3.63, 3.8) is 0 Å². The quantitative estimate of drug-likeness (QED) is 0.147. The fourth-order valence-electron chi connectivity index (χ4n) is 6.99. The molecule has 0 radical (unpaired) electrons. The number of benzene rings is 2. The number of aliphatic hydroxyl groups excluding tert-OH is 1. The Morgan fingerprint density at radius 1 is 1.16 bits per heavy atom. The second kappa shape index (κ2) is 14.4. The van der Waals surface area contributed by atoms with Crippen LogP contribution in [0.4, 0.5) is 9.80 Å². The van der Waals surface area contributed by atoms with Crippen LogP contribution in [-0.4, -0.2) is 63.1 Å². The minimum Gasteiger partial charge on any atom is -0.497 e. The molecule has 45 heavy (non-hydrogen) atoms. The number of methoxy groups -OCH3 is 1. The smallest absolute Gasteiger partial charge is 0.264 e. The van der Waals surface area contributed by atoms with Gasteiger partial charge in [0.15, 0.2) is 5.60 Å². The molecule has 1 saturated heterocycles. The van der Waals surface area contributed by atoms with E-state index in [-0.39, 0.29) is 31.4 Å². The van der Waals surface area contributed by atoms with E-state index in [2.05, 4.69) is 32.9 Å². The summed E-state index contributed by atoms with van der Waals surface area (Å²) >= 11 is 0. The standard InChI is InChI=1S/C36H49FN2O5Si/c1-25(2)12-11-13-26(3)18-19-39-31-17-16-29(43-5)22-30(31)36(35(39)42)27(4)34(45(6,7)37)32(44-36)23-33(41)38(20-21-40)24-28-14-9-8-10-15-28/h8-10,12,14-18,22,27,32,34,40H,11,13,19-21,23-24H2,1-7H3/b26-18+/t27-,32+,34-,36+/m0/s1. The number of fused-ring (bicyclic) bond motifs is 2. The molecule has 4 atom stereocenters. The Balaban J connectivity index is 1.69. The third kappa shape index (κ3) is 7.42. The topological polar surface area (TPSA) is 79.3 Å². The van der Waals surface area contributed by atoms with Crippen molar-refractivity contribution in [3.05, 3.63) is 83.0 Å².